The van der Waals surface area contributed by atoms with Crippen LogP contribution in [0.2, 0.25) is 0 Å². The third-order valence-electron chi connectivity index (χ3n) is 5.34. The summed E-state index contributed by atoms with van der Waals surface area (Å²) in [6.07, 6.45) is 4.46. The number of guanidine groups is 1. The summed E-state index contributed by atoms with van der Waals surface area (Å²) in [7, 11) is 1.82. The van der Waals surface area contributed by atoms with Gasteiger partial charge in [0.1, 0.15) is 0 Å². The third kappa shape index (κ3) is 6.78. The zero-order valence-corrected chi connectivity index (χ0v) is 19.3. The van der Waals surface area contributed by atoms with Crippen LogP contribution >= 0.6 is 24.0 Å². The van der Waals surface area contributed by atoms with Crippen molar-refractivity contribution in [3.05, 3.63) is 23.9 Å². The summed E-state index contributed by atoms with van der Waals surface area (Å²) in [4.78, 5) is 11.3. The van der Waals surface area contributed by atoms with Crippen molar-refractivity contribution in [2.24, 2.45) is 16.8 Å². The van der Waals surface area contributed by atoms with Gasteiger partial charge in [-0.05, 0) is 44.1 Å². The fourth-order valence-electron chi connectivity index (χ4n) is 3.26. The number of likely N-dealkylation sites (tertiary alicyclic amines) is 1. The molecular weight excluding hydrogens is 453 g/mol. The first-order valence-corrected chi connectivity index (χ1v) is 9.84. The standard InChI is InChI=1S/C20H33N5O.HI/c1-14(2)25-11-15(3)18(12-25)24-20(21-4)23-10-17-7-8-19(22-9-17)26-13-16-5-6-16;/h7-9,14-16,18H,5-6,10-13H2,1-4H3,(H2,21,23,24);1H. The van der Waals surface area contributed by atoms with Gasteiger partial charge in [0, 0.05) is 51.0 Å². The van der Waals surface area contributed by atoms with Crippen molar-refractivity contribution in [3.63, 3.8) is 0 Å². The summed E-state index contributed by atoms with van der Waals surface area (Å²) in [6, 6.07) is 5.04. The predicted molar refractivity (Wildman–Crippen MR) is 121 cm³/mol. The normalized spacial score (nSPS) is 23.2. The van der Waals surface area contributed by atoms with Crippen molar-refractivity contribution in [1.82, 2.24) is 20.5 Å². The van der Waals surface area contributed by atoms with Gasteiger partial charge in [0.25, 0.3) is 0 Å². The maximum atomic E-state index is 5.69. The molecule has 1 saturated carbocycles. The predicted octanol–water partition coefficient (Wildman–Crippen LogP) is 2.88. The highest BCUT2D eigenvalue weighted by Gasteiger charge is 2.31. The van der Waals surface area contributed by atoms with E-state index in [2.05, 4.69) is 52.3 Å². The summed E-state index contributed by atoms with van der Waals surface area (Å²) in [5.41, 5.74) is 1.12. The molecule has 0 spiro atoms. The molecule has 1 aromatic heterocycles. The van der Waals surface area contributed by atoms with Gasteiger partial charge >= 0.3 is 0 Å². The van der Waals surface area contributed by atoms with E-state index in [-0.39, 0.29) is 24.0 Å². The quantitative estimate of drug-likeness (QED) is 0.352. The summed E-state index contributed by atoms with van der Waals surface area (Å²) >= 11 is 0. The van der Waals surface area contributed by atoms with Crippen molar-refractivity contribution in [2.75, 3.05) is 26.7 Å². The van der Waals surface area contributed by atoms with Crippen LogP contribution in [0.3, 0.4) is 0 Å². The minimum atomic E-state index is 0. The van der Waals surface area contributed by atoms with Gasteiger partial charge < -0.3 is 15.4 Å². The van der Waals surface area contributed by atoms with Gasteiger partial charge in [0.05, 0.1) is 6.61 Å². The Morgan fingerprint density at radius 2 is 2.11 bits per heavy atom. The van der Waals surface area contributed by atoms with Crippen LogP contribution in [0.15, 0.2) is 23.3 Å². The number of aliphatic imine (C=N–C) groups is 1. The van der Waals surface area contributed by atoms with Gasteiger partial charge in [0.15, 0.2) is 5.96 Å². The number of halogens is 1. The smallest absolute Gasteiger partial charge is 0.213 e. The van der Waals surface area contributed by atoms with E-state index in [0.29, 0.717) is 24.5 Å². The number of nitrogens with zero attached hydrogens (tertiary/aromatic N) is 3. The summed E-state index contributed by atoms with van der Waals surface area (Å²) in [6.45, 7) is 10.5. The second-order valence-corrected chi connectivity index (χ2v) is 7.96. The second kappa shape index (κ2) is 10.5. The molecule has 7 heteroatoms. The van der Waals surface area contributed by atoms with E-state index in [1.807, 2.05) is 19.3 Å². The number of hydrogen-bond donors (Lipinski definition) is 2. The molecule has 0 radical (unpaired) electrons. The number of pyridine rings is 1. The van der Waals surface area contributed by atoms with Crippen molar-refractivity contribution >= 4 is 29.9 Å². The Hall–Kier alpha value is -1.09. The highest BCUT2D eigenvalue weighted by atomic mass is 127. The van der Waals surface area contributed by atoms with Crippen molar-refractivity contribution in [1.29, 1.82) is 0 Å². The lowest BCUT2D eigenvalue weighted by Gasteiger charge is -2.22. The molecular formula is C20H34IN5O. The van der Waals surface area contributed by atoms with E-state index in [9.17, 15) is 0 Å². The van der Waals surface area contributed by atoms with Crippen LogP contribution in [-0.2, 0) is 6.54 Å². The Morgan fingerprint density at radius 1 is 1.33 bits per heavy atom. The molecule has 2 heterocycles. The van der Waals surface area contributed by atoms with Crippen LogP contribution in [0.5, 0.6) is 5.88 Å². The van der Waals surface area contributed by atoms with Crippen LogP contribution in [0.25, 0.3) is 0 Å². The summed E-state index contributed by atoms with van der Waals surface area (Å²) in [5, 5.41) is 6.97. The Bertz CT molecular complexity index is 603. The largest absolute Gasteiger partial charge is 0.477 e. The molecule has 0 amide bonds. The molecule has 0 bridgehead atoms. The molecule has 6 nitrogen and oxygen atoms in total. The first-order chi connectivity index (χ1) is 12.5. The molecule has 152 valence electrons. The lowest BCUT2D eigenvalue weighted by atomic mass is 10.1. The number of hydrogen-bond acceptors (Lipinski definition) is 4. The molecule has 2 unspecified atom stereocenters. The maximum absolute atomic E-state index is 5.69. The molecule has 3 rings (SSSR count). The second-order valence-electron chi connectivity index (χ2n) is 7.96. The third-order valence-corrected chi connectivity index (χ3v) is 5.34. The fourth-order valence-corrected chi connectivity index (χ4v) is 3.26. The minimum absolute atomic E-state index is 0. The van der Waals surface area contributed by atoms with E-state index in [1.54, 1.807) is 0 Å². The Labute approximate surface area is 180 Å². The Balaban J connectivity index is 0.00000261. The molecule has 2 aliphatic rings. The molecule has 1 aliphatic carbocycles. The van der Waals surface area contributed by atoms with Crippen molar-refractivity contribution in [2.45, 2.75) is 52.2 Å². The first kappa shape index (κ1) is 22.2. The minimum Gasteiger partial charge on any atom is -0.477 e. The van der Waals surface area contributed by atoms with Crippen LogP contribution in [0, 0.1) is 11.8 Å². The monoisotopic (exact) mass is 487 g/mol. The van der Waals surface area contributed by atoms with E-state index in [0.717, 1.165) is 43.0 Å². The molecule has 2 N–H and O–H groups in total. The average molecular weight is 487 g/mol. The lowest BCUT2D eigenvalue weighted by Crippen LogP contribution is -2.46. The zero-order valence-electron chi connectivity index (χ0n) is 16.9. The van der Waals surface area contributed by atoms with Crippen LogP contribution < -0.4 is 15.4 Å². The molecule has 0 aromatic carbocycles. The van der Waals surface area contributed by atoms with Gasteiger partial charge in [-0.25, -0.2) is 4.98 Å². The van der Waals surface area contributed by atoms with Crippen LogP contribution in [0.4, 0.5) is 0 Å². The van der Waals surface area contributed by atoms with E-state index in [1.165, 1.54) is 12.8 Å². The van der Waals surface area contributed by atoms with Gasteiger partial charge in [-0.3, -0.25) is 9.89 Å². The van der Waals surface area contributed by atoms with Gasteiger partial charge in [0.2, 0.25) is 5.88 Å². The summed E-state index contributed by atoms with van der Waals surface area (Å²) in [5.74, 6) is 2.93. The van der Waals surface area contributed by atoms with Crippen molar-refractivity contribution in [3.8, 4) is 5.88 Å². The number of rotatable bonds is 7. The maximum Gasteiger partial charge on any atom is 0.213 e. The van der Waals surface area contributed by atoms with E-state index < -0.39 is 0 Å². The van der Waals surface area contributed by atoms with Crippen LogP contribution in [-0.4, -0.2) is 54.7 Å². The highest BCUT2D eigenvalue weighted by Crippen LogP contribution is 2.29. The zero-order chi connectivity index (χ0) is 18.5. The first-order valence-electron chi connectivity index (χ1n) is 9.84. The topological polar surface area (TPSA) is 61.8 Å². The Kier molecular flexibility index (Phi) is 8.60. The van der Waals surface area contributed by atoms with Gasteiger partial charge in [-0.1, -0.05) is 13.0 Å². The Morgan fingerprint density at radius 3 is 2.67 bits per heavy atom. The SMILES string of the molecule is CN=C(NCc1ccc(OCC2CC2)nc1)NC1CN(C(C)C)CC1C.I. The summed E-state index contributed by atoms with van der Waals surface area (Å²) < 4.78 is 5.69. The molecule has 2 fully saturated rings. The van der Waals surface area contributed by atoms with Gasteiger partial charge in [-0.15, -0.1) is 24.0 Å². The number of ether oxygens (including phenoxy) is 1. The van der Waals surface area contributed by atoms with Gasteiger partial charge in [-0.2, -0.15) is 0 Å². The highest BCUT2D eigenvalue weighted by molar-refractivity contribution is 14.0. The van der Waals surface area contributed by atoms with E-state index >= 15 is 0 Å². The molecule has 2 atom stereocenters. The van der Waals surface area contributed by atoms with Crippen LogP contribution in [0.1, 0.15) is 39.2 Å². The molecule has 1 aromatic rings. The van der Waals surface area contributed by atoms with E-state index in [4.69, 9.17) is 4.74 Å². The lowest BCUT2D eigenvalue weighted by molar-refractivity contribution is 0.265. The fraction of sp³-hybridized carbons (Fsp3) is 0.700. The number of aromatic nitrogens is 1. The van der Waals surface area contributed by atoms with Crippen molar-refractivity contribution < 1.29 is 4.74 Å². The molecule has 1 saturated heterocycles. The average Bonchev–Trinajstić information content (AvgIpc) is 3.39. The molecule has 1 aliphatic heterocycles. The molecule has 27 heavy (non-hydrogen) atoms. The number of nitrogens with one attached hydrogen (secondary N) is 2.